The molecule has 0 aliphatic carbocycles. The summed E-state index contributed by atoms with van der Waals surface area (Å²) >= 11 is 1.75. The van der Waals surface area contributed by atoms with E-state index < -0.39 is 5.41 Å². The topological polar surface area (TPSA) is 45.2 Å². The zero-order valence-corrected chi connectivity index (χ0v) is 18.5. The number of benzene rings is 1. The first-order chi connectivity index (χ1) is 14.6. The average molecular weight is 420 g/mol. The van der Waals surface area contributed by atoms with Gasteiger partial charge in [0.05, 0.1) is 11.1 Å². The summed E-state index contributed by atoms with van der Waals surface area (Å²) in [6, 6.07) is 18.9. The second kappa shape index (κ2) is 9.11. The highest BCUT2D eigenvalue weighted by Gasteiger charge is 2.45. The highest BCUT2D eigenvalue weighted by Crippen LogP contribution is 2.39. The van der Waals surface area contributed by atoms with Gasteiger partial charge >= 0.3 is 0 Å². The van der Waals surface area contributed by atoms with Gasteiger partial charge in [-0.05, 0) is 67.9 Å². The van der Waals surface area contributed by atoms with Gasteiger partial charge in [0.1, 0.15) is 0 Å². The molecule has 0 spiro atoms. The minimum atomic E-state index is -0.424. The van der Waals surface area contributed by atoms with Crippen LogP contribution >= 0.6 is 11.3 Å². The van der Waals surface area contributed by atoms with E-state index in [1.165, 1.54) is 16.0 Å². The van der Waals surface area contributed by atoms with Gasteiger partial charge in [-0.3, -0.25) is 14.7 Å². The fourth-order valence-electron chi connectivity index (χ4n) is 4.35. The minimum Gasteiger partial charge on any atom is -0.353 e. The molecule has 2 aromatic heterocycles. The Bertz CT molecular complexity index is 971. The van der Waals surface area contributed by atoms with Crippen LogP contribution in [0.5, 0.6) is 0 Å². The number of rotatable bonds is 7. The maximum atomic E-state index is 13.4. The summed E-state index contributed by atoms with van der Waals surface area (Å²) in [4.78, 5) is 21.5. The van der Waals surface area contributed by atoms with Crippen LogP contribution in [0, 0.1) is 5.41 Å². The van der Waals surface area contributed by atoms with Gasteiger partial charge < -0.3 is 5.32 Å². The number of hydrogen-bond acceptors (Lipinski definition) is 4. The number of nitrogens with zero attached hydrogens (tertiary/aromatic N) is 2. The number of aromatic nitrogens is 1. The Kier molecular flexibility index (Phi) is 6.30. The van der Waals surface area contributed by atoms with E-state index in [2.05, 4.69) is 63.0 Å². The number of carbonyl (C=O) groups is 1. The maximum Gasteiger partial charge on any atom is 0.228 e. The van der Waals surface area contributed by atoms with Crippen LogP contribution in [0.3, 0.4) is 0 Å². The Balaban J connectivity index is 1.61. The normalized spacial score (nSPS) is 19.3. The number of thiophene rings is 1. The van der Waals surface area contributed by atoms with Crippen molar-refractivity contribution in [3.05, 3.63) is 77.4 Å². The molecule has 0 radical (unpaired) electrons. The van der Waals surface area contributed by atoms with E-state index in [0.717, 1.165) is 38.2 Å². The average Bonchev–Trinajstić information content (AvgIpc) is 3.40. The Morgan fingerprint density at radius 3 is 2.73 bits per heavy atom. The summed E-state index contributed by atoms with van der Waals surface area (Å²) in [5, 5.41) is 5.31. The number of carbonyl (C=O) groups excluding carboxylic acids is 1. The molecule has 156 valence electrons. The molecule has 1 amide bonds. The third kappa shape index (κ3) is 4.63. The third-order valence-electron chi connectivity index (χ3n) is 5.78. The Hall–Kier alpha value is -2.50. The zero-order valence-electron chi connectivity index (χ0n) is 17.7. The number of pyridine rings is 1. The molecule has 1 aliphatic heterocycles. The highest BCUT2D eigenvalue weighted by molar-refractivity contribution is 7.13. The second-order valence-corrected chi connectivity index (χ2v) is 9.45. The molecule has 3 heterocycles. The molecule has 1 saturated heterocycles. The predicted molar refractivity (Wildman–Crippen MR) is 123 cm³/mol. The SMILES string of the molecule is CC(C)NC(=O)[C@@]1(Cc2ccccc2-c2cccs2)CCN(Cc2ccccn2)C1. The van der Waals surface area contributed by atoms with Crippen LogP contribution in [0.1, 0.15) is 31.5 Å². The zero-order chi connectivity index (χ0) is 21.0. The first-order valence-corrected chi connectivity index (χ1v) is 11.5. The molecule has 0 bridgehead atoms. The van der Waals surface area contributed by atoms with E-state index in [9.17, 15) is 4.79 Å². The van der Waals surface area contributed by atoms with E-state index in [-0.39, 0.29) is 11.9 Å². The van der Waals surface area contributed by atoms with Crippen LogP contribution in [-0.4, -0.2) is 34.9 Å². The lowest BCUT2D eigenvalue weighted by Crippen LogP contribution is -2.46. The van der Waals surface area contributed by atoms with Gasteiger partial charge in [0, 0.05) is 30.2 Å². The molecule has 4 nitrogen and oxygen atoms in total. The van der Waals surface area contributed by atoms with Crippen LogP contribution in [0.15, 0.2) is 66.2 Å². The van der Waals surface area contributed by atoms with Crippen molar-refractivity contribution in [3.8, 4) is 10.4 Å². The second-order valence-electron chi connectivity index (χ2n) is 8.50. The first kappa shape index (κ1) is 20.8. The van der Waals surface area contributed by atoms with Gasteiger partial charge in [-0.1, -0.05) is 36.4 Å². The van der Waals surface area contributed by atoms with Crippen molar-refractivity contribution in [2.75, 3.05) is 13.1 Å². The molecule has 3 aromatic rings. The summed E-state index contributed by atoms with van der Waals surface area (Å²) in [6.07, 6.45) is 3.44. The van der Waals surface area contributed by atoms with E-state index in [4.69, 9.17) is 0 Å². The van der Waals surface area contributed by atoms with Crippen molar-refractivity contribution in [1.29, 1.82) is 0 Å². The van der Waals surface area contributed by atoms with Crippen LogP contribution in [0.25, 0.3) is 10.4 Å². The molecule has 0 unspecified atom stereocenters. The van der Waals surface area contributed by atoms with Crippen LogP contribution in [0.2, 0.25) is 0 Å². The lowest BCUT2D eigenvalue weighted by molar-refractivity contribution is -0.131. The fourth-order valence-corrected chi connectivity index (χ4v) is 5.14. The molecular weight excluding hydrogens is 390 g/mol. The molecule has 1 fully saturated rings. The van der Waals surface area contributed by atoms with Gasteiger partial charge in [-0.25, -0.2) is 0 Å². The third-order valence-corrected chi connectivity index (χ3v) is 6.68. The molecular formula is C25H29N3OS. The van der Waals surface area contributed by atoms with Crippen molar-refractivity contribution in [2.45, 2.75) is 39.3 Å². The maximum absolute atomic E-state index is 13.4. The molecule has 1 atom stereocenters. The lowest BCUT2D eigenvalue weighted by Gasteiger charge is -2.30. The number of hydrogen-bond donors (Lipinski definition) is 1. The standard InChI is InChI=1S/C25H29N3OS/c1-19(2)27-24(29)25(12-14-28(18-25)17-21-9-5-6-13-26-21)16-20-8-3-4-10-22(20)23-11-7-15-30-23/h3-11,13,15,19H,12,14,16-18H2,1-2H3,(H,27,29)/t25-/m1/s1. The number of nitrogens with one attached hydrogen (secondary N) is 1. The fraction of sp³-hybridized carbons (Fsp3) is 0.360. The summed E-state index contributed by atoms with van der Waals surface area (Å²) < 4.78 is 0. The minimum absolute atomic E-state index is 0.131. The van der Waals surface area contributed by atoms with Crippen molar-refractivity contribution in [1.82, 2.24) is 15.2 Å². The monoisotopic (exact) mass is 419 g/mol. The quantitative estimate of drug-likeness (QED) is 0.600. The molecule has 0 saturated carbocycles. The summed E-state index contributed by atoms with van der Waals surface area (Å²) in [7, 11) is 0. The highest BCUT2D eigenvalue weighted by atomic mass is 32.1. The molecule has 1 aliphatic rings. The van der Waals surface area contributed by atoms with Gasteiger partial charge in [0.15, 0.2) is 0 Å². The van der Waals surface area contributed by atoms with Gasteiger partial charge in [-0.2, -0.15) is 0 Å². The van der Waals surface area contributed by atoms with Crippen molar-refractivity contribution < 1.29 is 4.79 Å². The predicted octanol–water partition coefficient (Wildman–Crippen LogP) is 4.77. The summed E-state index contributed by atoms with van der Waals surface area (Å²) in [6.45, 7) is 6.51. The Labute approximate surface area is 183 Å². The number of likely N-dealkylation sites (tertiary alicyclic amines) is 1. The van der Waals surface area contributed by atoms with E-state index in [1.54, 1.807) is 11.3 Å². The van der Waals surface area contributed by atoms with Crippen molar-refractivity contribution in [2.24, 2.45) is 5.41 Å². The van der Waals surface area contributed by atoms with Crippen molar-refractivity contribution in [3.63, 3.8) is 0 Å². The van der Waals surface area contributed by atoms with Crippen LogP contribution in [0.4, 0.5) is 0 Å². The van der Waals surface area contributed by atoms with Crippen LogP contribution < -0.4 is 5.32 Å². The lowest BCUT2D eigenvalue weighted by atomic mass is 9.78. The van der Waals surface area contributed by atoms with Crippen LogP contribution in [-0.2, 0) is 17.8 Å². The van der Waals surface area contributed by atoms with Gasteiger partial charge in [-0.15, -0.1) is 11.3 Å². The van der Waals surface area contributed by atoms with E-state index in [0.29, 0.717) is 0 Å². The Morgan fingerprint density at radius 1 is 1.17 bits per heavy atom. The summed E-state index contributed by atoms with van der Waals surface area (Å²) in [5.41, 5.74) is 3.12. The van der Waals surface area contributed by atoms with Crippen molar-refractivity contribution >= 4 is 17.2 Å². The number of amides is 1. The largest absolute Gasteiger partial charge is 0.353 e. The first-order valence-electron chi connectivity index (χ1n) is 10.6. The molecule has 1 aromatic carbocycles. The Morgan fingerprint density at radius 2 is 2.00 bits per heavy atom. The molecule has 5 heteroatoms. The van der Waals surface area contributed by atoms with Gasteiger partial charge in [0.25, 0.3) is 0 Å². The smallest absolute Gasteiger partial charge is 0.228 e. The van der Waals surface area contributed by atoms with E-state index >= 15 is 0 Å². The van der Waals surface area contributed by atoms with E-state index in [1.807, 2.05) is 32.2 Å². The van der Waals surface area contributed by atoms with Gasteiger partial charge in [0.2, 0.25) is 5.91 Å². The molecule has 4 rings (SSSR count). The summed E-state index contributed by atoms with van der Waals surface area (Å²) in [5.74, 6) is 0.169. The molecule has 1 N–H and O–H groups in total. The molecule has 30 heavy (non-hydrogen) atoms.